The molecule has 0 unspecified atom stereocenters. The number of nitrogens with two attached hydrogens (primary N) is 1. The van der Waals surface area contributed by atoms with Crippen molar-refractivity contribution in [3.05, 3.63) is 52.5 Å². The van der Waals surface area contributed by atoms with E-state index < -0.39 is 0 Å². The lowest BCUT2D eigenvalue weighted by atomic mass is 10.1. The van der Waals surface area contributed by atoms with E-state index in [4.69, 9.17) is 5.73 Å². The number of nitrogen functional groups attached to an aromatic ring is 1. The summed E-state index contributed by atoms with van der Waals surface area (Å²) in [5.74, 6) is 0. The van der Waals surface area contributed by atoms with Gasteiger partial charge in [0.25, 0.3) is 0 Å². The maximum atomic E-state index is 6.02. The van der Waals surface area contributed by atoms with Crippen LogP contribution < -0.4 is 10.6 Å². The topological polar surface area (TPSA) is 29.3 Å². The summed E-state index contributed by atoms with van der Waals surface area (Å²) in [6.45, 7) is 2.07. The molecule has 0 heterocycles. The van der Waals surface area contributed by atoms with Crippen LogP contribution in [-0.2, 0) is 0 Å². The van der Waals surface area contributed by atoms with Gasteiger partial charge in [0.1, 0.15) is 0 Å². The van der Waals surface area contributed by atoms with E-state index in [9.17, 15) is 0 Å². The molecule has 2 N–H and O–H groups in total. The molecule has 0 fully saturated rings. The first kappa shape index (κ1) is 12.0. The summed E-state index contributed by atoms with van der Waals surface area (Å²) in [5.41, 5.74) is 10.1. The van der Waals surface area contributed by atoms with E-state index in [0.717, 1.165) is 21.5 Å². The molecule has 0 amide bonds. The molecule has 0 radical (unpaired) electrons. The highest BCUT2D eigenvalue weighted by molar-refractivity contribution is 9.10. The Morgan fingerprint density at radius 1 is 1.06 bits per heavy atom. The van der Waals surface area contributed by atoms with Gasteiger partial charge in [0.15, 0.2) is 0 Å². The minimum atomic E-state index is 0.786. The molecule has 0 spiro atoms. The molecule has 2 aromatic carbocycles. The monoisotopic (exact) mass is 290 g/mol. The smallest absolute Gasteiger partial charge is 0.0644 e. The minimum Gasteiger partial charge on any atom is -0.397 e. The lowest BCUT2D eigenvalue weighted by Gasteiger charge is -2.22. The van der Waals surface area contributed by atoms with Crippen LogP contribution in [0.15, 0.2) is 46.9 Å². The Morgan fingerprint density at radius 3 is 2.47 bits per heavy atom. The molecule has 0 aromatic heterocycles. The Morgan fingerprint density at radius 2 is 1.76 bits per heavy atom. The summed E-state index contributed by atoms with van der Waals surface area (Å²) >= 11 is 3.55. The van der Waals surface area contributed by atoms with Crippen molar-refractivity contribution in [2.75, 3.05) is 17.7 Å². The summed E-state index contributed by atoms with van der Waals surface area (Å²) in [7, 11) is 2.02. The number of nitrogens with zero attached hydrogens (tertiary/aromatic N) is 1. The van der Waals surface area contributed by atoms with E-state index in [1.165, 1.54) is 5.56 Å². The van der Waals surface area contributed by atoms with Crippen molar-refractivity contribution >= 4 is 33.0 Å². The molecule has 0 atom stereocenters. The highest BCUT2D eigenvalue weighted by Crippen LogP contribution is 2.33. The van der Waals surface area contributed by atoms with Crippen LogP contribution in [0.3, 0.4) is 0 Å². The molecule has 2 rings (SSSR count). The molecule has 17 heavy (non-hydrogen) atoms. The third-order valence-electron chi connectivity index (χ3n) is 2.76. The lowest BCUT2D eigenvalue weighted by Crippen LogP contribution is -2.12. The Bertz CT molecular complexity index is 537. The summed E-state index contributed by atoms with van der Waals surface area (Å²) in [4.78, 5) is 2.09. The molecule has 0 bridgehead atoms. The normalized spacial score (nSPS) is 10.3. The van der Waals surface area contributed by atoms with Crippen molar-refractivity contribution in [2.24, 2.45) is 0 Å². The van der Waals surface area contributed by atoms with Gasteiger partial charge in [-0.25, -0.2) is 0 Å². The SMILES string of the molecule is Cc1ccc(N)c(N(C)c2ccccc2Br)c1. The number of anilines is 3. The number of benzene rings is 2. The molecule has 0 aliphatic heterocycles. The van der Waals surface area contributed by atoms with E-state index in [1.54, 1.807) is 0 Å². The van der Waals surface area contributed by atoms with Crippen LogP contribution in [-0.4, -0.2) is 7.05 Å². The van der Waals surface area contributed by atoms with Crippen LogP contribution in [0.2, 0.25) is 0 Å². The second kappa shape index (κ2) is 4.80. The van der Waals surface area contributed by atoms with Crippen LogP contribution in [0, 0.1) is 6.92 Å². The third kappa shape index (κ3) is 2.44. The van der Waals surface area contributed by atoms with Crippen molar-refractivity contribution in [2.45, 2.75) is 6.92 Å². The Labute approximate surface area is 110 Å². The molecule has 3 heteroatoms. The molecule has 0 saturated carbocycles. The first-order valence-corrected chi connectivity index (χ1v) is 6.23. The van der Waals surface area contributed by atoms with Gasteiger partial charge in [-0.3, -0.25) is 0 Å². The van der Waals surface area contributed by atoms with Gasteiger partial charge in [0.05, 0.1) is 17.1 Å². The largest absolute Gasteiger partial charge is 0.397 e. The maximum absolute atomic E-state index is 6.02. The lowest BCUT2D eigenvalue weighted by molar-refractivity contribution is 1.20. The van der Waals surface area contributed by atoms with Crippen molar-refractivity contribution in [1.82, 2.24) is 0 Å². The molecule has 88 valence electrons. The summed E-state index contributed by atoms with van der Waals surface area (Å²) < 4.78 is 1.06. The fraction of sp³-hybridized carbons (Fsp3) is 0.143. The highest BCUT2D eigenvalue weighted by atomic mass is 79.9. The van der Waals surface area contributed by atoms with Gasteiger partial charge in [-0.1, -0.05) is 18.2 Å². The van der Waals surface area contributed by atoms with Gasteiger partial charge in [-0.05, 0) is 52.7 Å². The zero-order valence-electron chi connectivity index (χ0n) is 9.94. The van der Waals surface area contributed by atoms with Crippen LogP contribution in [0.1, 0.15) is 5.56 Å². The van der Waals surface area contributed by atoms with Gasteiger partial charge in [-0.2, -0.15) is 0 Å². The predicted octanol–water partition coefficient (Wildman–Crippen LogP) is 4.11. The molecule has 0 saturated heterocycles. The number of aryl methyl sites for hydroxylation is 1. The first-order valence-electron chi connectivity index (χ1n) is 5.44. The highest BCUT2D eigenvalue weighted by Gasteiger charge is 2.10. The van der Waals surface area contributed by atoms with Crippen LogP contribution >= 0.6 is 15.9 Å². The van der Waals surface area contributed by atoms with Gasteiger partial charge in [0, 0.05) is 11.5 Å². The zero-order valence-corrected chi connectivity index (χ0v) is 11.5. The van der Waals surface area contributed by atoms with Crippen molar-refractivity contribution in [3.63, 3.8) is 0 Å². The average molecular weight is 291 g/mol. The van der Waals surface area contributed by atoms with Crippen LogP contribution in [0.5, 0.6) is 0 Å². The average Bonchev–Trinajstić information content (AvgIpc) is 2.32. The molecule has 2 nitrogen and oxygen atoms in total. The Balaban J connectivity index is 2.47. The molecular formula is C14H15BrN2. The molecular weight excluding hydrogens is 276 g/mol. The standard InChI is InChI=1S/C14H15BrN2/c1-10-7-8-12(16)14(9-10)17(2)13-6-4-3-5-11(13)15/h3-9H,16H2,1-2H3. The summed E-state index contributed by atoms with van der Waals surface area (Å²) in [6.07, 6.45) is 0. The van der Waals surface area contributed by atoms with Gasteiger partial charge in [0.2, 0.25) is 0 Å². The van der Waals surface area contributed by atoms with E-state index in [-0.39, 0.29) is 0 Å². The number of hydrogen-bond donors (Lipinski definition) is 1. The number of halogens is 1. The molecule has 0 aliphatic carbocycles. The van der Waals surface area contributed by atoms with Crippen LogP contribution in [0.4, 0.5) is 17.1 Å². The van der Waals surface area contributed by atoms with Crippen molar-refractivity contribution in [1.29, 1.82) is 0 Å². The van der Waals surface area contributed by atoms with Gasteiger partial charge >= 0.3 is 0 Å². The zero-order chi connectivity index (χ0) is 12.4. The van der Waals surface area contributed by atoms with Crippen LogP contribution in [0.25, 0.3) is 0 Å². The van der Waals surface area contributed by atoms with E-state index in [2.05, 4.69) is 39.9 Å². The summed E-state index contributed by atoms with van der Waals surface area (Å²) in [6, 6.07) is 14.2. The van der Waals surface area contributed by atoms with Gasteiger partial charge in [-0.15, -0.1) is 0 Å². The minimum absolute atomic E-state index is 0.786. The van der Waals surface area contributed by atoms with E-state index >= 15 is 0 Å². The van der Waals surface area contributed by atoms with E-state index in [1.807, 2.05) is 37.4 Å². The third-order valence-corrected chi connectivity index (χ3v) is 3.43. The van der Waals surface area contributed by atoms with Crippen molar-refractivity contribution < 1.29 is 0 Å². The van der Waals surface area contributed by atoms with Crippen molar-refractivity contribution in [3.8, 4) is 0 Å². The molecule has 0 aliphatic rings. The van der Waals surface area contributed by atoms with E-state index in [0.29, 0.717) is 0 Å². The number of rotatable bonds is 2. The predicted molar refractivity (Wildman–Crippen MR) is 77.8 cm³/mol. The first-order chi connectivity index (χ1) is 8.09. The quantitative estimate of drug-likeness (QED) is 0.844. The molecule has 2 aromatic rings. The number of para-hydroxylation sites is 1. The fourth-order valence-corrected chi connectivity index (χ4v) is 2.35. The second-order valence-corrected chi connectivity index (χ2v) is 4.93. The van der Waals surface area contributed by atoms with Gasteiger partial charge < -0.3 is 10.6 Å². The fourth-order valence-electron chi connectivity index (χ4n) is 1.80. The second-order valence-electron chi connectivity index (χ2n) is 4.07. The number of hydrogen-bond acceptors (Lipinski definition) is 2. The Hall–Kier alpha value is -1.48. The maximum Gasteiger partial charge on any atom is 0.0644 e. The summed E-state index contributed by atoms with van der Waals surface area (Å²) in [5, 5.41) is 0. The Kier molecular flexibility index (Phi) is 3.38.